The minimum Gasteiger partial charge on any atom is -0.415 e. The van der Waals surface area contributed by atoms with Crippen LogP contribution in [0.4, 0.5) is 0 Å². The fraction of sp³-hybridized carbons (Fsp3) is 1.00. The van der Waals surface area contributed by atoms with Gasteiger partial charge < -0.3 is 13.6 Å². The molecule has 7 heteroatoms. The molecule has 0 saturated heterocycles. The Bertz CT molecular complexity index is 446. The molecule has 0 heterocycles. The summed E-state index contributed by atoms with van der Waals surface area (Å²) in [5.41, 5.74) is 0.206. The lowest BCUT2D eigenvalue weighted by Gasteiger charge is -2.58. The predicted molar refractivity (Wildman–Crippen MR) is 133 cm³/mol. The van der Waals surface area contributed by atoms with Crippen LogP contribution >= 0.6 is 9.24 Å². The summed E-state index contributed by atoms with van der Waals surface area (Å²) < 4.78 is 19.7. The van der Waals surface area contributed by atoms with Crippen LogP contribution in [0.15, 0.2) is 0 Å². The monoisotopic (exact) mass is 452 g/mol. The molecular weight excluding hydrogens is 403 g/mol. The quantitative estimate of drug-likeness (QED) is 0.258. The molecule has 0 rings (SSSR count). The van der Waals surface area contributed by atoms with E-state index in [0.717, 1.165) is 25.7 Å². The molecule has 0 bridgehead atoms. The molecule has 0 aliphatic rings. The molecule has 27 heavy (non-hydrogen) atoms. The number of hydrogen-bond acceptors (Lipinski definition) is 3. The van der Waals surface area contributed by atoms with Gasteiger partial charge in [0.15, 0.2) is 8.32 Å². The Labute approximate surface area is 177 Å². The van der Waals surface area contributed by atoms with Crippen molar-refractivity contribution in [2.75, 3.05) is 7.11 Å². The highest BCUT2D eigenvalue weighted by atomic mass is 31.0. The van der Waals surface area contributed by atoms with Crippen molar-refractivity contribution in [1.82, 2.24) is 0 Å². The maximum atomic E-state index is 7.19. The van der Waals surface area contributed by atoms with Gasteiger partial charge in [0.1, 0.15) is 0 Å². The SMILES string of the molecule is CCC(C)(O[Si](C)(C)C(CC)(CC)C(P)(CC)O[SiH](C)C(C)OC)[SiH](C)C. The van der Waals surface area contributed by atoms with E-state index in [9.17, 15) is 0 Å². The topological polar surface area (TPSA) is 27.7 Å². The van der Waals surface area contributed by atoms with Crippen LogP contribution in [0.2, 0.25) is 37.8 Å². The van der Waals surface area contributed by atoms with Crippen LogP contribution in [0.1, 0.15) is 67.2 Å². The van der Waals surface area contributed by atoms with Gasteiger partial charge in [-0.3, -0.25) is 0 Å². The van der Waals surface area contributed by atoms with Crippen molar-refractivity contribution >= 4 is 35.4 Å². The zero-order valence-corrected chi connectivity index (χ0v) is 24.8. The molecule has 0 spiro atoms. The molecule has 5 atom stereocenters. The Hall–Kier alpha value is 0.961. The van der Waals surface area contributed by atoms with E-state index in [4.69, 9.17) is 13.6 Å². The van der Waals surface area contributed by atoms with E-state index < -0.39 is 26.2 Å². The van der Waals surface area contributed by atoms with Gasteiger partial charge in [0.05, 0.1) is 19.9 Å². The molecule has 0 fully saturated rings. The molecule has 0 saturated carbocycles. The minimum atomic E-state index is -2.10. The molecule has 0 aliphatic carbocycles. The van der Waals surface area contributed by atoms with E-state index in [1.54, 1.807) is 7.11 Å². The Morgan fingerprint density at radius 3 is 1.74 bits per heavy atom. The number of hydrogen-bond donors (Lipinski definition) is 0. The smallest absolute Gasteiger partial charge is 0.203 e. The van der Waals surface area contributed by atoms with Crippen LogP contribution in [-0.4, -0.2) is 49.6 Å². The van der Waals surface area contributed by atoms with E-state index in [1.165, 1.54) is 0 Å². The van der Waals surface area contributed by atoms with Gasteiger partial charge in [-0.2, -0.15) is 0 Å². The van der Waals surface area contributed by atoms with Crippen molar-refractivity contribution in [1.29, 1.82) is 0 Å². The Morgan fingerprint density at radius 2 is 1.44 bits per heavy atom. The van der Waals surface area contributed by atoms with E-state index in [2.05, 4.69) is 83.5 Å². The summed E-state index contributed by atoms with van der Waals surface area (Å²) in [4.78, 5) is 0. The highest BCUT2D eigenvalue weighted by Gasteiger charge is 2.59. The zero-order chi connectivity index (χ0) is 21.7. The van der Waals surface area contributed by atoms with Crippen LogP contribution in [0.5, 0.6) is 0 Å². The molecule has 164 valence electrons. The molecular formula is C20H49O3PSi3. The van der Waals surface area contributed by atoms with Crippen molar-refractivity contribution in [2.24, 2.45) is 0 Å². The third kappa shape index (κ3) is 5.77. The average molecular weight is 453 g/mol. The van der Waals surface area contributed by atoms with E-state index >= 15 is 0 Å². The third-order valence-electron chi connectivity index (χ3n) is 7.54. The van der Waals surface area contributed by atoms with Crippen molar-refractivity contribution in [3.8, 4) is 0 Å². The first kappa shape index (κ1) is 28.0. The lowest BCUT2D eigenvalue weighted by atomic mass is 9.92. The van der Waals surface area contributed by atoms with Gasteiger partial charge in [-0.15, -0.1) is 9.24 Å². The Kier molecular flexibility index (Phi) is 11.2. The van der Waals surface area contributed by atoms with E-state index in [1.807, 2.05) is 0 Å². The van der Waals surface area contributed by atoms with Crippen molar-refractivity contribution < 1.29 is 13.6 Å². The van der Waals surface area contributed by atoms with Gasteiger partial charge in [0.25, 0.3) is 0 Å². The summed E-state index contributed by atoms with van der Waals surface area (Å²) in [6.07, 6.45) is 4.25. The first-order valence-corrected chi connectivity index (χ1v) is 19.6. The van der Waals surface area contributed by atoms with Gasteiger partial charge in [0, 0.05) is 17.4 Å². The number of rotatable bonds is 13. The molecule has 3 nitrogen and oxygen atoms in total. The first-order chi connectivity index (χ1) is 12.3. The van der Waals surface area contributed by atoms with Crippen LogP contribution in [0.25, 0.3) is 0 Å². The lowest BCUT2D eigenvalue weighted by molar-refractivity contribution is 0.0481. The maximum Gasteiger partial charge on any atom is 0.203 e. The highest BCUT2D eigenvalue weighted by molar-refractivity contribution is 7.19. The summed E-state index contributed by atoms with van der Waals surface area (Å²) >= 11 is 0. The summed E-state index contributed by atoms with van der Waals surface area (Å²) in [7, 11) is 0.411. The zero-order valence-electron chi connectivity index (χ0n) is 20.4. The van der Waals surface area contributed by atoms with Gasteiger partial charge >= 0.3 is 0 Å². The van der Waals surface area contributed by atoms with Gasteiger partial charge in [0.2, 0.25) is 9.04 Å². The molecule has 0 aliphatic heterocycles. The second-order valence-electron chi connectivity index (χ2n) is 9.23. The fourth-order valence-corrected chi connectivity index (χ4v) is 15.6. The average Bonchev–Trinajstić information content (AvgIpc) is 2.61. The molecule has 0 radical (unpaired) electrons. The van der Waals surface area contributed by atoms with Crippen LogP contribution in [0, 0.1) is 0 Å². The van der Waals surface area contributed by atoms with Crippen LogP contribution in [0.3, 0.4) is 0 Å². The van der Waals surface area contributed by atoms with Gasteiger partial charge in [-0.25, -0.2) is 0 Å². The van der Waals surface area contributed by atoms with E-state index in [-0.39, 0.29) is 21.3 Å². The Morgan fingerprint density at radius 1 is 0.963 bits per heavy atom. The van der Waals surface area contributed by atoms with Gasteiger partial charge in [-0.1, -0.05) is 40.8 Å². The van der Waals surface area contributed by atoms with Crippen molar-refractivity contribution in [3.63, 3.8) is 0 Å². The highest BCUT2D eigenvalue weighted by Crippen LogP contribution is 2.61. The van der Waals surface area contributed by atoms with Crippen molar-refractivity contribution in [2.45, 2.75) is 121 Å². The number of methoxy groups -OCH3 is 1. The summed E-state index contributed by atoms with van der Waals surface area (Å²) in [5, 5.41) is -0.154. The summed E-state index contributed by atoms with van der Waals surface area (Å²) in [6, 6.07) is 0. The maximum absolute atomic E-state index is 7.19. The largest absolute Gasteiger partial charge is 0.415 e. The summed E-state index contributed by atoms with van der Waals surface area (Å²) in [5.74, 6) is 0. The van der Waals surface area contributed by atoms with Crippen molar-refractivity contribution in [3.05, 3.63) is 0 Å². The second kappa shape index (κ2) is 10.8. The predicted octanol–water partition coefficient (Wildman–Crippen LogP) is 5.89. The fourth-order valence-electron chi connectivity index (χ4n) is 4.64. The molecule has 0 amide bonds. The first-order valence-electron chi connectivity index (χ1n) is 11.0. The Balaban J connectivity index is 6.16. The standard InChI is InChI=1S/C20H49O3PSi3/c1-13-18(6,25(8)9)23-27(11,12)19(14-2,15-3)20(24,16-4)22-26(10)17(5)21-7/h17,25-26H,13-16,24H2,1-12H3. The molecule has 0 aromatic rings. The van der Waals surface area contributed by atoms with Crippen LogP contribution in [-0.2, 0) is 13.6 Å². The second-order valence-corrected chi connectivity index (χ2v) is 20.5. The molecule has 0 aromatic heterocycles. The third-order valence-corrected chi connectivity index (χ3v) is 19.2. The minimum absolute atomic E-state index is 0.0491. The molecule has 0 N–H and O–H groups in total. The van der Waals surface area contributed by atoms with Gasteiger partial charge in [-0.05, 0) is 59.2 Å². The lowest BCUT2D eigenvalue weighted by Crippen LogP contribution is -2.62. The normalized spacial score (nSPS) is 20.2. The molecule has 5 unspecified atom stereocenters. The number of ether oxygens (including phenoxy) is 1. The summed E-state index contributed by atoms with van der Waals surface area (Å²) in [6.45, 7) is 25.7. The van der Waals surface area contributed by atoms with Crippen LogP contribution < -0.4 is 0 Å². The van der Waals surface area contributed by atoms with E-state index in [0.29, 0.717) is 0 Å². The molecule has 0 aromatic carbocycles.